The Morgan fingerprint density at radius 1 is 0.288 bits per heavy atom. The molecule has 56 heteroatoms. The van der Waals surface area contributed by atoms with Crippen LogP contribution in [0, 0.1) is 0 Å². The van der Waals surface area contributed by atoms with Gasteiger partial charge in [-0.05, 0) is 0 Å². The number of hydrogen-bond donors (Lipinski definition) is 34. The van der Waals surface area contributed by atoms with Crippen molar-refractivity contribution in [3.8, 4) is 0 Å². The fraction of sp³-hybridized carbons (Fsp3) is 1.00. The minimum absolute atomic E-state index is 0.0139. The van der Waals surface area contributed by atoms with E-state index in [1.807, 2.05) is 0 Å². The Labute approximate surface area is 604 Å². The zero-order valence-corrected chi connectivity index (χ0v) is 60.5. The van der Waals surface area contributed by atoms with Gasteiger partial charge in [0.2, 0.25) is 20.8 Å². The number of hydrogen-bond acceptors (Lipinski definition) is 46. The third-order valence-electron chi connectivity index (χ3n) is 16.1. The summed E-state index contributed by atoms with van der Waals surface area (Å²) in [5.74, 6) is -1.54. The molecule has 0 aromatic carbocycles. The third-order valence-corrected chi connectivity index (χ3v) is 29.3. The van der Waals surface area contributed by atoms with Crippen LogP contribution in [0.3, 0.4) is 0 Å². The molecule has 4 saturated heterocycles. The summed E-state index contributed by atoms with van der Waals surface area (Å²) in [6, 6.07) is 0. The summed E-state index contributed by atoms with van der Waals surface area (Å²) in [7, 11) is -25.3. The highest BCUT2D eigenvalue weighted by atomic mass is 32.3. The average molecular weight is 1700 g/mol. The standard InChI is InChI=1S/4C12H24O12S2/c4*13-1-5(15)10(19)11(20)12(24-26(21,22)23)7(17)4-25-3-6(16)9(18)8(25)2-14/h4*5-20H,1-4H2/p+2/t5-,6+,7+,8+,9-,10+,11+,12+,25?;5-,6+,7+,8+,9-,10-,11+,12+,25?;5-,6-,7-,8-,9+,10+,11-,12-,25?;5-,6-,7-,8-,9+,10-,11-,12-,25?/m0011/s1. The van der Waals surface area contributed by atoms with Crippen LogP contribution in [0.5, 0.6) is 0 Å². The van der Waals surface area contributed by atoms with E-state index in [-0.39, 0.29) is 46.0 Å². The van der Waals surface area contributed by atoms with Crippen LogP contribution in [0.2, 0.25) is 0 Å². The zero-order chi connectivity index (χ0) is 80.9. The molecule has 0 radical (unpaired) electrons. The summed E-state index contributed by atoms with van der Waals surface area (Å²) < 4.78 is 143. The van der Waals surface area contributed by atoms with Crippen molar-refractivity contribution in [2.24, 2.45) is 0 Å². The first-order chi connectivity index (χ1) is 47.7. The molecule has 0 saturated carbocycles. The Bertz CT molecular complexity index is 2500. The molecule has 4 heterocycles. The van der Waals surface area contributed by atoms with Gasteiger partial charge in [0.1, 0.15) is 217 Å². The highest BCUT2D eigenvalue weighted by Gasteiger charge is 2.56. The first-order valence-corrected chi connectivity index (χ1v) is 42.1. The fourth-order valence-corrected chi connectivity index (χ4v) is 23.3. The Hall–Kier alpha value is -0.400. The molecule has 0 amide bonds. The van der Waals surface area contributed by atoms with Crippen LogP contribution in [-0.4, -0.2) is 506 Å². The number of aliphatic hydroxyl groups is 32. The molecule has 0 spiro atoms. The van der Waals surface area contributed by atoms with Gasteiger partial charge >= 0.3 is 20.8 Å². The van der Waals surface area contributed by atoms with Crippen LogP contribution in [-0.2, 0) is 102 Å². The van der Waals surface area contributed by atoms with Crippen LogP contribution < -0.4 is 0 Å². The first kappa shape index (κ1) is 102. The minimum Gasteiger partial charge on any atom is -0.726 e. The third kappa shape index (κ3) is 31.9. The predicted molar refractivity (Wildman–Crippen MR) is 346 cm³/mol. The van der Waals surface area contributed by atoms with Crippen LogP contribution in [0.1, 0.15) is 0 Å². The van der Waals surface area contributed by atoms with Crippen LogP contribution >= 0.6 is 0 Å². The van der Waals surface area contributed by atoms with Gasteiger partial charge in [0.15, 0.2) is 21.0 Å². The van der Waals surface area contributed by atoms with Gasteiger partial charge in [-0.25, -0.2) is 25.2 Å². The summed E-state index contributed by atoms with van der Waals surface area (Å²) in [4.78, 5) is 0. The summed E-state index contributed by atoms with van der Waals surface area (Å²) in [6.07, 6.45) is -50.8. The average Bonchev–Trinajstić information content (AvgIpc) is 1.18. The largest absolute Gasteiger partial charge is 0.726 e. The highest BCUT2D eigenvalue weighted by molar-refractivity contribution is 7.98. The van der Waals surface area contributed by atoms with Crippen molar-refractivity contribution in [2.45, 2.75) is 192 Å². The lowest BCUT2D eigenvalue weighted by Crippen LogP contribution is -2.53. The van der Waals surface area contributed by atoms with Crippen LogP contribution in [0.15, 0.2) is 0 Å². The van der Waals surface area contributed by atoms with E-state index in [0.717, 1.165) is 0 Å². The van der Waals surface area contributed by atoms with E-state index in [1.54, 1.807) is 0 Å². The molecule has 34 N–H and O–H groups in total. The van der Waals surface area contributed by atoms with Crippen molar-refractivity contribution in [1.29, 1.82) is 0 Å². The molecular weight excluding hydrogens is 1600 g/mol. The summed E-state index contributed by atoms with van der Waals surface area (Å²) in [5.41, 5.74) is 0. The van der Waals surface area contributed by atoms with Gasteiger partial charge in [-0.2, -0.15) is 16.8 Å². The molecule has 104 heavy (non-hydrogen) atoms. The van der Waals surface area contributed by atoms with E-state index in [2.05, 4.69) is 16.7 Å². The van der Waals surface area contributed by atoms with E-state index in [1.165, 1.54) is 0 Å². The van der Waals surface area contributed by atoms with Crippen molar-refractivity contribution in [3.63, 3.8) is 0 Å². The van der Waals surface area contributed by atoms with E-state index in [9.17, 15) is 186 Å². The van der Waals surface area contributed by atoms with Gasteiger partial charge < -0.3 is 173 Å². The highest BCUT2D eigenvalue weighted by Crippen LogP contribution is 2.31. The van der Waals surface area contributed by atoms with Crippen molar-refractivity contribution < 1.29 is 232 Å². The monoisotopic (exact) mass is 1700 g/mol. The molecule has 4 aliphatic heterocycles. The van der Waals surface area contributed by atoms with E-state index < -0.39 is 330 Å². The second kappa shape index (κ2) is 46.1. The van der Waals surface area contributed by atoms with Gasteiger partial charge in [0.05, 0.1) is 52.9 Å². The van der Waals surface area contributed by atoms with Crippen LogP contribution in [0.4, 0.5) is 0 Å². The Morgan fingerprint density at radius 2 is 0.452 bits per heavy atom. The second-order valence-corrected chi connectivity index (χ2v) is 37.2. The van der Waals surface area contributed by atoms with Gasteiger partial charge in [-0.1, -0.05) is 0 Å². The summed E-state index contributed by atoms with van der Waals surface area (Å²) in [5, 5.41) is 304. The normalized spacial score (nSPS) is 32.8. The summed E-state index contributed by atoms with van der Waals surface area (Å²) in [6.45, 7) is -6.08. The van der Waals surface area contributed by atoms with Gasteiger partial charge in [-0.15, -0.1) is 0 Å². The lowest BCUT2D eigenvalue weighted by atomic mass is 10.0. The lowest BCUT2D eigenvalue weighted by molar-refractivity contribution is -0.129. The SMILES string of the molecule is O=S(=O)(O)O[C@@H]([C@H](O)[C@H](O)[C@@H](O)CO)[C@H](O)C[S+]1C[C@@H](O)[C@H](O)[C@H]1CO.O=S(=O)(O)O[C@@H]([C@H](O)[C@H](O)[C@H](O)CO)[C@H](O)C[S+]1C[C@@H](O)[C@H](O)[C@H]1CO.O=S(=O)([O-])O[C@@H]([C@H](O)[C@@H](O)[C@@H](O)CO)[C@H](O)C[S+]1C[C@@H](O)[C@H](O)[C@H]1CO.O=S(=O)([O-])O[C@@H]([C@H](O)[C@@H](O)[C@H](O)CO)[C@H](O)C[S+]1C[C@@H](O)[C@H](O)[C@H]1CO. The number of aliphatic hydroxyl groups excluding tert-OH is 32. The van der Waals surface area contributed by atoms with E-state index in [0.29, 0.717) is 0 Å². The minimum atomic E-state index is -5.42. The second-order valence-electron chi connectivity index (χ2n) is 23.7. The van der Waals surface area contributed by atoms with Crippen LogP contribution in [0.25, 0.3) is 0 Å². The molecule has 0 aromatic rings. The molecule has 4 unspecified atom stereocenters. The van der Waals surface area contributed by atoms with Crippen molar-refractivity contribution in [3.05, 3.63) is 0 Å². The molecule has 4 fully saturated rings. The fourth-order valence-electron chi connectivity index (χ4n) is 10.5. The van der Waals surface area contributed by atoms with Crippen molar-refractivity contribution >= 4 is 85.2 Å². The van der Waals surface area contributed by atoms with Gasteiger partial charge in [0, 0.05) is 43.6 Å². The molecule has 624 valence electrons. The molecule has 4 rings (SSSR count). The molecule has 0 aliphatic carbocycles. The number of rotatable bonds is 40. The molecule has 0 aromatic heterocycles. The maximum atomic E-state index is 11.0. The first-order valence-electron chi connectivity index (χ1n) is 30.2. The molecular formula is C48H98O48S8+2. The molecule has 4 aliphatic rings. The van der Waals surface area contributed by atoms with E-state index >= 15 is 0 Å². The molecule has 48 nitrogen and oxygen atoms in total. The Morgan fingerprint density at radius 3 is 0.587 bits per heavy atom. The lowest BCUT2D eigenvalue weighted by Gasteiger charge is -2.31. The molecule has 36 atom stereocenters. The van der Waals surface area contributed by atoms with E-state index in [4.69, 9.17) is 29.5 Å². The van der Waals surface area contributed by atoms with Gasteiger partial charge in [-0.3, -0.25) is 17.5 Å². The summed E-state index contributed by atoms with van der Waals surface area (Å²) >= 11 is 0. The maximum Gasteiger partial charge on any atom is 0.397 e. The Balaban J connectivity index is 0.000000693. The maximum absolute atomic E-state index is 11.0. The van der Waals surface area contributed by atoms with Crippen molar-refractivity contribution in [2.75, 3.05) is 98.9 Å². The predicted octanol–water partition coefficient (Wildman–Crippen LogP) is -23.4. The smallest absolute Gasteiger partial charge is 0.397 e. The molecule has 0 bridgehead atoms. The van der Waals surface area contributed by atoms with Gasteiger partial charge in [0.25, 0.3) is 0 Å². The topological polar surface area (TPSA) is 907 Å². The quantitative estimate of drug-likeness (QED) is 0.0154. The Kier molecular flexibility index (Phi) is 45.0. The van der Waals surface area contributed by atoms with Crippen molar-refractivity contribution in [1.82, 2.24) is 0 Å². The zero-order valence-electron chi connectivity index (χ0n) is 54.0.